The van der Waals surface area contributed by atoms with E-state index in [-0.39, 0.29) is 11.7 Å². The molecule has 0 bridgehead atoms. The fraction of sp³-hybridized carbons (Fsp3) is 0.190. The van der Waals surface area contributed by atoms with E-state index < -0.39 is 0 Å². The van der Waals surface area contributed by atoms with Gasteiger partial charge in [0.1, 0.15) is 5.82 Å². The van der Waals surface area contributed by atoms with Gasteiger partial charge in [-0.2, -0.15) is 0 Å². The van der Waals surface area contributed by atoms with Crippen LogP contribution in [0.15, 0.2) is 67.0 Å². The number of nitrogens with one attached hydrogen (secondary N) is 2. The molecule has 2 N–H and O–H groups in total. The lowest BCUT2D eigenvalue weighted by atomic mass is 10.1. The molecule has 1 aromatic heterocycles. The van der Waals surface area contributed by atoms with E-state index in [4.69, 9.17) is 0 Å². The van der Waals surface area contributed by atoms with E-state index in [9.17, 15) is 9.18 Å². The van der Waals surface area contributed by atoms with E-state index in [2.05, 4.69) is 32.7 Å². The summed E-state index contributed by atoms with van der Waals surface area (Å²) in [5.74, 6) is -0.0396. The van der Waals surface area contributed by atoms with Crippen LogP contribution in [0.3, 0.4) is 0 Å². The number of amides is 1. The topological polar surface area (TPSA) is 66.9 Å². The molecular weight excluding hydrogens is 343 g/mol. The van der Waals surface area contributed by atoms with Crippen LogP contribution >= 0.6 is 0 Å². The van der Waals surface area contributed by atoms with E-state index in [1.54, 1.807) is 12.1 Å². The Morgan fingerprint density at radius 2 is 1.63 bits per heavy atom. The average Bonchev–Trinajstić information content (AvgIpc) is 2.72. The summed E-state index contributed by atoms with van der Waals surface area (Å²) in [5, 5.41) is 5.92. The third kappa shape index (κ3) is 5.88. The summed E-state index contributed by atoms with van der Waals surface area (Å²) in [6, 6.07) is 16.4. The van der Waals surface area contributed by atoms with Gasteiger partial charge in [-0.1, -0.05) is 42.5 Å². The van der Waals surface area contributed by atoms with Crippen LogP contribution in [-0.4, -0.2) is 22.4 Å². The molecule has 27 heavy (non-hydrogen) atoms. The highest BCUT2D eigenvalue weighted by Gasteiger charge is 2.06. The van der Waals surface area contributed by atoms with Crippen molar-refractivity contribution in [2.24, 2.45) is 0 Å². The summed E-state index contributed by atoms with van der Waals surface area (Å²) in [6.07, 6.45) is 4.77. The van der Waals surface area contributed by atoms with E-state index in [0.29, 0.717) is 24.6 Å². The molecule has 1 heterocycles. The zero-order chi connectivity index (χ0) is 18.9. The first kappa shape index (κ1) is 18.5. The van der Waals surface area contributed by atoms with Crippen LogP contribution < -0.4 is 10.6 Å². The lowest BCUT2D eigenvalue weighted by Crippen LogP contribution is -2.25. The molecule has 3 rings (SSSR count). The van der Waals surface area contributed by atoms with Crippen molar-refractivity contribution < 1.29 is 9.18 Å². The van der Waals surface area contributed by atoms with Crippen molar-refractivity contribution in [2.45, 2.75) is 19.4 Å². The second-order valence-corrected chi connectivity index (χ2v) is 6.12. The van der Waals surface area contributed by atoms with Gasteiger partial charge in [-0.3, -0.25) is 4.79 Å². The molecule has 0 spiro atoms. The standard InChI is InChI=1S/C21H21FN4O/c22-19-10-8-17(9-11-19)13-24-21-25-14-18(15-26-21)20(27)23-12-4-7-16-5-2-1-3-6-16/h1-3,5-6,8-11,14-15H,4,7,12-13H2,(H,23,27)(H,24,25,26). The van der Waals surface area contributed by atoms with Crippen LogP contribution in [0.4, 0.5) is 10.3 Å². The molecule has 6 heteroatoms. The number of nitrogens with zero attached hydrogens (tertiary/aromatic N) is 2. The van der Waals surface area contributed by atoms with Crippen LogP contribution in [0.5, 0.6) is 0 Å². The summed E-state index contributed by atoms with van der Waals surface area (Å²) in [5.41, 5.74) is 2.59. The average molecular weight is 364 g/mol. The van der Waals surface area contributed by atoms with Crippen molar-refractivity contribution >= 4 is 11.9 Å². The number of rotatable bonds is 8. The number of carbonyl (C=O) groups is 1. The molecule has 138 valence electrons. The first-order valence-electron chi connectivity index (χ1n) is 8.83. The largest absolute Gasteiger partial charge is 0.352 e. The van der Waals surface area contributed by atoms with Gasteiger partial charge >= 0.3 is 0 Å². The molecule has 3 aromatic rings. The molecular formula is C21H21FN4O. The van der Waals surface area contributed by atoms with Gasteiger partial charge in [-0.15, -0.1) is 0 Å². The molecule has 0 radical (unpaired) electrons. The Labute approximate surface area is 157 Å². The highest BCUT2D eigenvalue weighted by Crippen LogP contribution is 2.06. The molecule has 2 aromatic carbocycles. The predicted octanol–water partition coefficient (Wildman–Crippen LogP) is 3.59. The highest BCUT2D eigenvalue weighted by molar-refractivity contribution is 5.93. The summed E-state index contributed by atoms with van der Waals surface area (Å²) in [7, 11) is 0. The fourth-order valence-electron chi connectivity index (χ4n) is 2.56. The SMILES string of the molecule is O=C(NCCCc1ccccc1)c1cnc(NCc2ccc(F)cc2)nc1. The number of benzene rings is 2. The van der Waals surface area contributed by atoms with Crippen molar-refractivity contribution in [3.05, 3.63) is 89.5 Å². The highest BCUT2D eigenvalue weighted by atomic mass is 19.1. The van der Waals surface area contributed by atoms with Crippen molar-refractivity contribution in [3.8, 4) is 0 Å². The number of anilines is 1. The lowest BCUT2D eigenvalue weighted by molar-refractivity contribution is 0.0952. The maximum absolute atomic E-state index is 12.9. The number of hydrogen-bond acceptors (Lipinski definition) is 4. The number of hydrogen-bond donors (Lipinski definition) is 2. The normalized spacial score (nSPS) is 10.4. The van der Waals surface area contributed by atoms with Gasteiger partial charge in [-0.05, 0) is 36.1 Å². The lowest BCUT2D eigenvalue weighted by Gasteiger charge is -2.07. The Balaban J connectivity index is 1.42. The molecule has 5 nitrogen and oxygen atoms in total. The Kier molecular flexibility index (Phi) is 6.46. The molecule has 0 unspecified atom stereocenters. The van der Waals surface area contributed by atoms with Gasteiger partial charge in [0.15, 0.2) is 0 Å². The van der Waals surface area contributed by atoms with Gasteiger partial charge in [0, 0.05) is 25.5 Å². The Morgan fingerprint density at radius 3 is 2.33 bits per heavy atom. The summed E-state index contributed by atoms with van der Waals surface area (Å²) < 4.78 is 12.9. The maximum Gasteiger partial charge on any atom is 0.254 e. The van der Waals surface area contributed by atoms with Crippen LogP contribution in [0.1, 0.15) is 27.9 Å². The Bertz CT molecular complexity index is 852. The smallest absolute Gasteiger partial charge is 0.254 e. The maximum atomic E-state index is 12.9. The fourth-order valence-corrected chi connectivity index (χ4v) is 2.56. The van der Waals surface area contributed by atoms with Gasteiger partial charge in [0.25, 0.3) is 5.91 Å². The first-order chi connectivity index (χ1) is 13.2. The summed E-state index contributed by atoms with van der Waals surface area (Å²) in [4.78, 5) is 20.4. The molecule has 0 atom stereocenters. The minimum absolute atomic E-state index is 0.187. The first-order valence-corrected chi connectivity index (χ1v) is 8.83. The van der Waals surface area contributed by atoms with E-state index in [1.807, 2.05) is 18.2 Å². The molecule has 1 amide bonds. The van der Waals surface area contributed by atoms with Crippen molar-refractivity contribution in [3.63, 3.8) is 0 Å². The summed E-state index contributed by atoms with van der Waals surface area (Å²) in [6.45, 7) is 1.07. The molecule has 0 aliphatic carbocycles. The minimum Gasteiger partial charge on any atom is -0.352 e. The predicted molar refractivity (Wildman–Crippen MR) is 103 cm³/mol. The molecule has 0 aliphatic heterocycles. The van der Waals surface area contributed by atoms with E-state index in [1.165, 1.54) is 30.1 Å². The molecule has 0 aliphatic rings. The molecule has 0 saturated carbocycles. The number of aromatic nitrogens is 2. The van der Waals surface area contributed by atoms with Gasteiger partial charge in [0.05, 0.1) is 5.56 Å². The Hall–Kier alpha value is -3.28. The number of aryl methyl sites for hydroxylation is 1. The van der Waals surface area contributed by atoms with E-state index in [0.717, 1.165) is 18.4 Å². The molecule has 0 saturated heterocycles. The molecule has 0 fully saturated rings. The number of halogens is 1. The van der Waals surface area contributed by atoms with Crippen molar-refractivity contribution in [2.75, 3.05) is 11.9 Å². The zero-order valence-corrected chi connectivity index (χ0v) is 14.9. The van der Waals surface area contributed by atoms with Crippen LogP contribution in [0.25, 0.3) is 0 Å². The zero-order valence-electron chi connectivity index (χ0n) is 14.9. The van der Waals surface area contributed by atoms with Crippen molar-refractivity contribution in [1.82, 2.24) is 15.3 Å². The summed E-state index contributed by atoms with van der Waals surface area (Å²) >= 11 is 0. The third-order valence-corrected chi connectivity index (χ3v) is 4.05. The van der Waals surface area contributed by atoms with Gasteiger partial charge in [0.2, 0.25) is 5.95 Å². The van der Waals surface area contributed by atoms with Crippen LogP contribution in [0, 0.1) is 5.82 Å². The van der Waals surface area contributed by atoms with Crippen LogP contribution in [-0.2, 0) is 13.0 Å². The van der Waals surface area contributed by atoms with Crippen molar-refractivity contribution in [1.29, 1.82) is 0 Å². The Morgan fingerprint density at radius 1 is 0.926 bits per heavy atom. The van der Waals surface area contributed by atoms with Gasteiger partial charge in [-0.25, -0.2) is 14.4 Å². The number of carbonyl (C=O) groups excluding carboxylic acids is 1. The van der Waals surface area contributed by atoms with E-state index >= 15 is 0 Å². The van der Waals surface area contributed by atoms with Gasteiger partial charge < -0.3 is 10.6 Å². The van der Waals surface area contributed by atoms with Crippen LogP contribution in [0.2, 0.25) is 0 Å². The second kappa shape index (κ2) is 9.43. The minimum atomic E-state index is -0.269. The monoisotopic (exact) mass is 364 g/mol. The third-order valence-electron chi connectivity index (χ3n) is 4.05. The second-order valence-electron chi connectivity index (χ2n) is 6.12. The quantitative estimate of drug-likeness (QED) is 0.600.